The number of nitrogens with one attached hydrogen (secondary N) is 1. The molecule has 2 heterocycles. The van der Waals surface area contributed by atoms with E-state index in [1.165, 1.54) is 12.0 Å². The van der Waals surface area contributed by atoms with Crippen molar-refractivity contribution in [2.45, 2.75) is 12.8 Å². The number of hydrogen-bond donors (Lipinski definition) is 1. The van der Waals surface area contributed by atoms with Crippen molar-refractivity contribution in [2.75, 3.05) is 5.32 Å². The fourth-order valence-corrected chi connectivity index (χ4v) is 3.51. The van der Waals surface area contributed by atoms with Crippen LogP contribution in [0.15, 0.2) is 70.8 Å². The SMILES string of the molecule is O=C(Cc1csc(Cc2ccccc2)n1)Nc1cccc(-c2nnco2)c1. The first kappa shape index (κ1) is 17.1. The highest BCUT2D eigenvalue weighted by Gasteiger charge is 2.10. The van der Waals surface area contributed by atoms with E-state index in [4.69, 9.17) is 4.42 Å². The van der Waals surface area contributed by atoms with Crippen molar-refractivity contribution < 1.29 is 9.21 Å². The zero-order chi connectivity index (χ0) is 18.5. The summed E-state index contributed by atoms with van der Waals surface area (Å²) >= 11 is 1.57. The number of hydrogen-bond acceptors (Lipinski definition) is 6. The Labute approximate surface area is 159 Å². The fourth-order valence-electron chi connectivity index (χ4n) is 2.68. The van der Waals surface area contributed by atoms with Gasteiger partial charge < -0.3 is 9.73 Å². The molecule has 134 valence electrons. The van der Waals surface area contributed by atoms with Crippen LogP contribution in [0, 0.1) is 0 Å². The van der Waals surface area contributed by atoms with Crippen LogP contribution in [-0.2, 0) is 17.6 Å². The average Bonchev–Trinajstić information content (AvgIpc) is 3.35. The summed E-state index contributed by atoms with van der Waals surface area (Å²) in [6.07, 6.45) is 2.28. The van der Waals surface area contributed by atoms with Gasteiger partial charge in [-0.1, -0.05) is 36.4 Å². The van der Waals surface area contributed by atoms with Gasteiger partial charge in [0.2, 0.25) is 18.2 Å². The number of rotatable bonds is 6. The molecule has 27 heavy (non-hydrogen) atoms. The van der Waals surface area contributed by atoms with Crippen LogP contribution in [0.1, 0.15) is 16.3 Å². The van der Waals surface area contributed by atoms with Crippen LogP contribution in [0.4, 0.5) is 5.69 Å². The molecule has 7 heteroatoms. The van der Waals surface area contributed by atoms with Crippen molar-refractivity contribution in [3.05, 3.63) is 82.6 Å². The van der Waals surface area contributed by atoms with Crippen LogP contribution in [0.2, 0.25) is 0 Å². The predicted octanol–water partition coefficient (Wildman–Crippen LogP) is 3.97. The van der Waals surface area contributed by atoms with Crippen LogP contribution in [-0.4, -0.2) is 21.1 Å². The van der Waals surface area contributed by atoms with Gasteiger partial charge in [-0.3, -0.25) is 4.79 Å². The van der Waals surface area contributed by atoms with Crippen molar-refractivity contribution in [3.63, 3.8) is 0 Å². The Morgan fingerprint density at radius 3 is 2.81 bits per heavy atom. The van der Waals surface area contributed by atoms with Crippen LogP contribution < -0.4 is 5.32 Å². The molecule has 1 N–H and O–H groups in total. The third-order valence-corrected chi connectivity index (χ3v) is 4.79. The Bertz CT molecular complexity index is 1030. The number of carbonyl (C=O) groups excluding carboxylic acids is 1. The van der Waals surface area contributed by atoms with Gasteiger partial charge >= 0.3 is 0 Å². The highest BCUT2D eigenvalue weighted by atomic mass is 32.1. The van der Waals surface area contributed by atoms with Crippen molar-refractivity contribution in [2.24, 2.45) is 0 Å². The summed E-state index contributed by atoms with van der Waals surface area (Å²) in [5.41, 5.74) is 3.41. The molecule has 0 atom stereocenters. The van der Waals surface area contributed by atoms with E-state index in [0.29, 0.717) is 11.6 Å². The van der Waals surface area contributed by atoms with Gasteiger partial charge in [0.15, 0.2) is 0 Å². The quantitative estimate of drug-likeness (QED) is 0.551. The largest absolute Gasteiger partial charge is 0.423 e. The summed E-state index contributed by atoms with van der Waals surface area (Å²) < 4.78 is 5.18. The molecule has 0 spiro atoms. The summed E-state index contributed by atoms with van der Waals surface area (Å²) in [6.45, 7) is 0. The molecular weight excluding hydrogens is 360 g/mol. The smallest absolute Gasteiger partial charge is 0.247 e. The standard InChI is InChI=1S/C20H16N4O2S/c25-18(22-16-8-4-7-15(10-16)20-24-21-13-26-20)11-17-12-27-19(23-17)9-14-5-2-1-3-6-14/h1-8,10,12-13H,9,11H2,(H,22,25). The average molecular weight is 376 g/mol. The predicted molar refractivity (Wildman–Crippen MR) is 103 cm³/mol. The van der Waals surface area contributed by atoms with Crippen molar-refractivity contribution in [1.82, 2.24) is 15.2 Å². The molecule has 0 aliphatic heterocycles. The van der Waals surface area contributed by atoms with E-state index in [1.807, 2.05) is 41.8 Å². The lowest BCUT2D eigenvalue weighted by molar-refractivity contribution is -0.115. The Hall–Kier alpha value is -3.32. The maximum Gasteiger partial charge on any atom is 0.247 e. The molecule has 0 radical (unpaired) electrons. The molecule has 6 nitrogen and oxygen atoms in total. The molecule has 0 saturated carbocycles. The second kappa shape index (κ2) is 7.92. The van der Waals surface area contributed by atoms with Gasteiger partial charge in [0.25, 0.3) is 0 Å². The van der Waals surface area contributed by atoms with Crippen molar-refractivity contribution in [1.29, 1.82) is 0 Å². The Morgan fingerprint density at radius 2 is 2.00 bits per heavy atom. The van der Waals surface area contributed by atoms with E-state index in [9.17, 15) is 4.79 Å². The van der Waals surface area contributed by atoms with Gasteiger partial charge in [-0.2, -0.15) is 0 Å². The second-order valence-electron chi connectivity index (χ2n) is 5.94. The molecule has 4 rings (SSSR count). The minimum Gasteiger partial charge on any atom is -0.423 e. The minimum absolute atomic E-state index is 0.116. The molecule has 0 unspecified atom stereocenters. The van der Waals surface area contributed by atoms with Gasteiger partial charge in [0, 0.05) is 23.1 Å². The molecule has 4 aromatic rings. The van der Waals surface area contributed by atoms with Gasteiger partial charge in [0.1, 0.15) is 0 Å². The topological polar surface area (TPSA) is 80.9 Å². The highest BCUT2D eigenvalue weighted by Crippen LogP contribution is 2.21. The Balaban J connectivity index is 1.38. The van der Waals surface area contributed by atoms with E-state index in [0.717, 1.165) is 22.7 Å². The number of benzene rings is 2. The van der Waals surface area contributed by atoms with Gasteiger partial charge in [-0.25, -0.2) is 4.98 Å². The first-order chi connectivity index (χ1) is 13.3. The van der Waals surface area contributed by atoms with E-state index in [-0.39, 0.29) is 12.3 Å². The van der Waals surface area contributed by atoms with E-state index >= 15 is 0 Å². The monoisotopic (exact) mass is 376 g/mol. The zero-order valence-electron chi connectivity index (χ0n) is 14.3. The van der Waals surface area contributed by atoms with Crippen LogP contribution in [0.25, 0.3) is 11.5 Å². The summed E-state index contributed by atoms with van der Waals surface area (Å²) in [6, 6.07) is 17.5. The number of carbonyl (C=O) groups is 1. The molecule has 0 aliphatic rings. The van der Waals surface area contributed by atoms with Crippen molar-refractivity contribution >= 4 is 22.9 Å². The lowest BCUT2D eigenvalue weighted by atomic mass is 10.2. The summed E-state index contributed by atoms with van der Waals surface area (Å²) in [7, 11) is 0. The molecule has 2 aromatic carbocycles. The lowest BCUT2D eigenvalue weighted by Crippen LogP contribution is -2.14. The fraction of sp³-hybridized carbons (Fsp3) is 0.100. The van der Waals surface area contributed by atoms with Crippen LogP contribution in [0.3, 0.4) is 0 Å². The molecule has 0 saturated heterocycles. The van der Waals surface area contributed by atoms with E-state index in [1.54, 1.807) is 17.4 Å². The second-order valence-corrected chi connectivity index (χ2v) is 6.89. The van der Waals surface area contributed by atoms with Crippen LogP contribution in [0.5, 0.6) is 0 Å². The molecular formula is C20H16N4O2S. The third kappa shape index (κ3) is 4.45. The van der Waals surface area contributed by atoms with Gasteiger partial charge in [0.05, 0.1) is 17.1 Å². The first-order valence-corrected chi connectivity index (χ1v) is 9.28. The minimum atomic E-state index is -0.116. The summed E-state index contributed by atoms with van der Waals surface area (Å²) in [5, 5.41) is 13.4. The molecule has 0 fully saturated rings. The Kier molecular flexibility index (Phi) is 5.02. The van der Waals surface area contributed by atoms with Gasteiger partial charge in [-0.15, -0.1) is 21.5 Å². The summed E-state index contributed by atoms with van der Waals surface area (Å²) in [4.78, 5) is 16.9. The molecule has 2 aromatic heterocycles. The number of aromatic nitrogens is 3. The number of anilines is 1. The maximum atomic E-state index is 12.3. The highest BCUT2D eigenvalue weighted by molar-refractivity contribution is 7.09. The molecule has 0 bridgehead atoms. The van der Waals surface area contributed by atoms with Gasteiger partial charge in [-0.05, 0) is 23.8 Å². The van der Waals surface area contributed by atoms with Crippen LogP contribution >= 0.6 is 11.3 Å². The third-order valence-electron chi connectivity index (χ3n) is 3.89. The maximum absolute atomic E-state index is 12.3. The number of nitrogens with zero attached hydrogens (tertiary/aromatic N) is 3. The van der Waals surface area contributed by atoms with E-state index in [2.05, 4.69) is 32.6 Å². The van der Waals surface area contributed by atoms with Crippen molar-refractivity contribution in [3.8, 4) is 11.5 Å². The Morgan fingerprint density at radius 1 is 1.11 bits per heavy atom. The zero-order valence-corrected chi connectivity index (χ0v) is 15.1. The normalized spacial score (nSPS) is 10.7. The molecule has 0 aliphatic carbocycles. The number of amides is 1. The van der Waals surface area contributed by atoms with E-state index < -0.39 is 0 Å². The number of thiazole rings is 1. The summed E-state index contributed by atoms with van der Waals surface area (Å²) in [5.74, 6) is 0.297. The molecule has 1 amide bonds. The first-order valence-electron chi connectivity index (χ1n) is 8.40. The lowest BCUT2D eigenvalue weighted by Gasteiger charge is -2.05.